The lowest BCUT2D eigenvalue weighted by Gasteiger charge is -2.42. The second-order valence-electron chi connectivity index (χ2n) is 6.96. The van der Waals surface area contributed by atoms with Crippen molar-refractivity contribution >= 4 is 11.8 Å². The smallest absolute Gasteiger partial charge is 0.290 e. The first-order valence-corrected chi connectivity index (χ1v) is 8.77. The van der Waals surface area contributed by atoms with Crippen molar-refractivity contribution < 1.29 is 14.0 Å². The molecule has 1 aliphatic heterocycles. The summed E-state index contributed by atoms with van der Waals surface area (Å²) < 4.78 is 5.19. The molecule has 2 heterocycles. The Balaban J connectivity index is 1.59. The van der Waals surface area contributed by atoms with Crippen molar-refractivity contribution in [3.05, 3.63) is 24.2 Å². The minimum atomic E-state index is -0.355. The Kier molecular flexibility index (Phi) is 4.74. The molecular formula is C18H26N2O3. The highest BCUT2D eigenvalue weighted by molar-refractivity contribution is 5.95. The van der Waals surface area contributed by atoms with Gasteiger partial charge in [-0.05, 0) is 49.7 Å². The molecule has 1 saturated carbocycles. The molecule has 0 radical (unpaired) electrons. The van der Waals surface area contributed by atoms with Crippen LogP contribution in [0.4, 0.5) is 0 Å². The van der Waals surface area contributed by atoms with Gasteiger partial charge in [0.25, 0.3) is 5.91 Å². The molecule has 2 amide bonds. The van der Waals surface area contributed by atoms with Gasteiger partial charge in [0.05, 0.1) is 6.26 Å². The summed E-state index contributed by atoms with van der Waals surface area (Å²) in [5.41, 5.74) is 0.304. The molecule has 3 rings (SSSR count). The monoisotopic (exact) mass is 318 g/mol. The van der Waals surface area contributed by atoms with E-state index in [1.165, 1.54) is 31.9 Å². The third-order valence-electron chi connectivity index (χ3n) is 5.38. The highest BCUT2D eigenvalue weighted by Crippen LogP contribution is 2.44. The molecule has 0 aromatic carbocycles. The van der Waals surface area contributed by atoms with E-state index in [2.05, 4.69) is 12.2 Å². The van der Waals surface area contributed by atoms with Gasteiger partial charge < -0.3 is 14.6 Å². The Morgan fingerprint density at radius 3 is 2.83 bits per heavy atom. The fourth-order valence-corrected chi connectivity index (χ4v) is 3.94. The average molecular weight is 318 g/mol. The van der Waals surface area contributed by atoms with Gasteiger partial charge in [-0.15, -0.1) is 0 Å². The van der Waals surface area contributed by atoms with Crippen LogP contribution in [0.2, 0.25) is 0 Å². The molecular weight excluding hydrogens is 292 g/mol. The van der Waals surface area contributed by atoms with E-state index in [1.807, 2.05) is 0 Å². The van der Waals surface area contributed by atoms with Crippen LogP contribution in [0.1, 0.15) is 62.4 Å². The fraction of sp³-hybridized carbons (Fsp3) is 0.667. The molecule has 1 atom stereocenters. The number of furan rings is 1. The summed E-state index contributed by atoms with van der Waals surface area (Å²) >= 11 is 0. The van der Waals surface area contributed by atoms with Crippen LogP contribution >= 0.6 is 0 Å². The Hall–Kier alpha value is -1.78. The van der Waals surface area contributed by atoms with Crippen molar-refractivity contribution in [2.24, 2.45) is 5.41 Å². The number of nitrogens with zero attached hydrogens (tertiary/aromatic N) is 1. The Bertz CT molecular complexity index is 549. The first-order valence-electron chi connectivity index (χ1n) is 8.77. The van der Waals surface area contributed by atoms with Gasteiger partial charge in [-0.1, -0.05) is 19.8 Å². The van der Waals surface area contributed by atoms with E-state index >= 15 is 0 Å². The second-order valence-corrected chi connectivity index (χ2v) is 6.96. The molecule has 2 aliphatic rings. The number of hydrogen-bond donors (Lipinski definition) is 1. The summed E-state index contributed by atoms with van der Waals surface area (Å²) in [6.07, 6.45) is 9.10. The Labute approximate surface area is 137 Å². The maximum Gasteiger partial charge on any atom is 0.290 e. The van der Waals surface area contributed by atoms with Gasteiger partial charge in [-0.25, -0.2) is 0 Å². The molecule has 2 fully saturated rings. The fourth-order valence-electron chi connectivity index (χ4n) is 3.94. The number of likely N-dealkylation sites (tertiary alicyclic amines) is 1. The van der Waals surface area contributed by atoms with E-state index in [1.54, 1.807) is 17.0 Å². The van der Waals surface area contributed by atoms with Crippen LogP contribution in [0, 0.1) is 5.41 Å². The Morgan fingerprint density at radius 1 is 1.39 bits per heavy atom. The molecule has 5 nitrogen and oxygen atoms in total. The summed E-state index contributed by atoms with van der Waals surface area (Å²) in [5, 5.41) is 3.12. The molecule has 1 aliphatic carbocycles. The van der Waals surface area contributed by atoms with Crippen LogP contribution in [0.3, 0.4) is 0 Å². The van der Waals surface area contributed by atoms with E-state index in [0.717, 1.165) is 25.8 Å². The minimum Gasteiger partial charge on any atom is -0.459 e. The topological polar surface area (TPSA) is 62.6 Å². The normalized spacial score (nSPS) is 22.7. The number of carbonyl (C=O) groups excluding carboxylic acids is 2. The van der Waals surface area contributed by atoms with Crippen molar-refractivity contribution in [1.29, 1.82) is 0 Å². The predicted octanol–water partition coefficient (Wildman–Crippen LogP) is 2.97. The van der Waals surface area contributed by atoms with E-state index in [0.29, 0.717) is 17.7 Å². The summed E-state index contributed by atoms with van der Waals surface area (Å²) in [6.45, 7) is 3.57. The van der Waals surface area contributed by atoms with E-state index in [4.69, 9.17) is 4.42 Å². The number of rotatable bonds is 6. The molecule has 1 saturated heterocycles. The molecule has 1 aromatic heterocycles. The summed E-state index contributed by atoms with van der Waals surface area (Å²) in [4.78, 5) is 26.7. The third kappa shape index (κ3) is 3.28. The number of carbonyl (C=O) groups is 2. The van der Waals surface area contributed by atoms with Crippen molar-refractivity contribution in [3.8, 4) is 0 Å². The molecule has 0 bridgehead atoms. The van der Waals surface area contributed by atoms with Crippen LogP contribution in [-0.2, 0) is 4.79 Å². The molecule has 0 spiro atoms. The van der Waals surface area contributed by atoms with Gasteiger partial charge in [0.2, 0.25) is 5.91 Å². The standard InChI is InChI=1S/C18H26N2O3/c1-2-8-18(9-5-10-18)13-19-16(21)14-6-3-11-20(14)17(22)15-7-4-12-23-15/h4,7,12,14H,2-3,5-6,8-11,13H2,1H3,(H,19,21)/t14-/m1/s1. The predicted molar refractivity (Wildman–Crippen MR) is 87.0 cm³/mol. The van der Waals surface area contributed by atoms with Crippen LogP contribution < -0.4 is 5.32 Å². The van der Waals surface area contributed by atoms with Crippen molar-refractivity contribution in [2.45, 2.75) is 57.9 Å². The highest BCUT2D eigenvalue weighted by atomic mass is 16.3. The van der Waals surface area contributed by atoms with Crippen molar-refractivity contribution in [3.63, 3.8) is 0 Å². The highest BCUT2D eigenvalue weighted by Gasteiger charge is 2.39. The summed E-state index contributed by atoms with van der Waals surface area (Å²) in [7, 11) is 0. The maximum atomic E-state index is 12.6. The Morgan fingerprint density at radius 2 is 2.22 bits per heavy atom. The lowest BCUT2D eigenvalue weighted by Crippen LogP contribution is -2.49. The van der Waals surface area contributed by atoms with Gasteiger partial charge in [-0.2, -0.15) is 0 Å². The molecule has 1 N–H and O–H groups in total. The minimum absolute atomic E-state index is 0.00946. The third-order valence-corrected chi connectivity index (χ3v) is 5.38. The van der Waals surface area contributed by atoms with Gasteiger partial charge in [0, 0.05) is 13.1 Å². The number of hydrogen-bond acceptors (Lipinski definition) is 3. The zero-order valence-corrected chi connectivity index (χ0v) is 13.8. The molecule has 1 aromatic rings. The molecule has 5 heteroatoms. The first kappa shape index (κ1) is 16.1. The lowest BCUT2D eigenvalue weighted by atomic mass is 9.66. The maximum absolute atomic E-state index is 12.6. The van der Waals surface area contributed by atoms with E-state index in [-0.39, 0.29) is 17.9 Å². The lowest BCUT2D eigenvalue weighted by molar-refractivity contribution is -0.125. The van der Waals surface area contributed by atoms with Crippen LogP contribution in [-0.4, -0.2) is 35.8 Å². The summed E-state index contributed by atoms with van der Waals surface area (Å²) in [5.74, 6) is 0.121. The number of nitrogens with one attached hydrogen (secondary N) is 1. The van der Waals surface area contributed by atoms with Gasteiger partial charge in [0.1, 0.15) is 6.04 Å². The van der Waals surface area contributed by atoms with Gasteiger partial charge >= 0.3 is 0 Å². The zero-order valence-electron chi connectivity index (χ0n) is 13.8. The molecule has 0 unspecified atom stereocenters. The quantitative estimate of drug-likeness (QED) is 0.877. The van der Waals surface area contributed by atoms with E-state index in [9.17, 15) is 9.59 Å². The first-order chi connectivity index (χ1) is 11.2. The zero-order chi connectivity index (χ0) is 16.3. The number of amides is 2. The van der Waals surface area contributed by atoms with Gasteiger partial charge in [-0.3, -0.25) is 9.59 Å². The SMILES string of the molecule is CCCC1(CNC(=O)[C@H]2CCCN2C(=O)c2ccco2)CCC1. The van der Waals surface area contributed by atoms with E-state index < -0.39 is 0 Å². The largest absolute Gasteiger partial charge is 0.459 e. The van der Waals surface area contributed by atoms with Crippen LogP contribution in [0.25, 0.3) is 0 Å². The average Bonchev–Trinajstić information content (AvgIpc) is 3.19. The van der Waals surface area contributed by atoms with Crippen LogP contribution in [0.15, 0.2) is 22.8 Å². The van der Waals surface area contributed by atoms with Crippen LogP contribution in [0.5, 0.6) is 0 Å². The van der Waals surface area contributed by atoms with Crippen molar-refractivity contribution in [2.75, 3.05) is 13.1 Å². The molecule has 126 valence electrons. The second kappa shape index (κ2) is 6.77. The van der Waals surface area contributed by atoms with Gasteiger partial charge in [0.15, 0.2) is 5.76 Å². The molecule has 23 heavy (non-hydrogen) atoms. The van der Waals surface area contributed by atoms with Crippen molar-refractivity contribution in [1.82, 2.24) is 10.2 Å². The summed E-state index contributed by atoms with van der Waals surface area (Å²) in [6, 6.07) is 3.00.